The number of aromatic nitrogens is 1. The highest BCUT2D eigenvalue weighted by molar-refractivity contribution is 6.62. The third-order valence-electron chi connectivity index (χ3n) is 3.60. The zero-order chi connectivity index (χ0) is 16.4. The normalized spacial score (nSPS) is 10.4. The van der Waals surface area contributed by atoms with E-state index in [0.717, 1.165) is 10.8 Å². The van der Waals surface area contributed by atoms with Gasteiger partial charge in [0.1, 0.15) is 0 Å². The number of para-hydroxylation sites is 2. The zero-order valence-electron chi connectivity index (χ0n) is 11.9. The third-order valence-corrected chi connectivity index (χ3v) is 3.60. The van der Waals surface area contributed by atoms with E-state index in [9.17, 15) is 9.59 Å². The van der Waals surface area contributed by atoms with Crippen LogP contribution in [0.25, 0.3) is 27.3 Å². The van der Waals surface area contributed by atoms with Crippen molar-refractivity contribution in [2.45, 2.75) is 6.42 Å². The van der Waals surface area contributed by atoms with E-state index in [1.807, 2.05) is 48.5 Å². The molecule has 0 amide bonds. The fraction of sp³-hybridized carbons (Fsp3) is 0.0588. The number of ketones is 1. The second kappa shape index (κ2) is 5.79. The lowest BCUT2D eigenvalue weighted by Crippen LogP contribution is -2.26. The van der Waals surface area contributed by atoms with Gasteiger partial charge in [-0.3, -0.25) is 4.79 Å². The van der Waals surface area contributed by atoms with E-state index < -0.39 is 17.5 Å². The first-order valence-corrected chi connectivity index (χ1v) is 6.86. The highest BCUT2D eigenvalue weighted by Crippen LogP contribution is 2.26. The molecule has 0 aliphatic heterocycles. The molecule has 0 saturated heterocycles. The highest BCUT2D eigenvalue weighted by Gasteiger charge is 2.29. The molecule has 3 rings (SSSR count). The number of benzene rings is 2. The van der Waals surface area contributed by atoms with Crippen LogP contribution in [0.4, 0.5) is 0 Å². The van der Waals surface area contributed by atoms with Gasteiger partial charge in [0.15, 0.2) is 0 Å². The monoisotopic (exact) mass is 305 g/mol. The Balaban J connectivity index is 2.23. The lowest BCUT2D eigenvalue weighted by atomic mass is 9.97. The Kier molecular flexibility index (Phi) is 3.66. The Morgan fingerprint density at radius 2 is 1.52 bits per heavy atom. The molecule has 23 heavy (non-hydrogen) atoms. The van der Waals surface area contributed by atoms with Gasteiger partial charge in [-0.15, -0.1) is 0 Å². The first-order chi connectivity index (χ1) is 11.1. The van der Waals surface area contributed by atoms with E-state index in [1.54, 1.807) is 0 Å². The van der Waals surface area contributed by atoms with Crippen molar-refractivity contribution in [3.63, 3.8) is 0 Å². The summed E-state index contributed by atoms with van der Waals surface area (Å²) >= 11 is 0. The lowest BCUT2D eigenvalue weighted by Gasteiger charge is -2.09. The molecule has 6 nitrogen and oxygen atoms in total. The molecule has 0 aliphatic carbocycles. The van der Waals surface area contributed by atoms with E-state index in [4.69, 9.17) is 10.6 Å². The van der Waals surface area contributed by atoms with Crippen LogP contribution in [0.15, 0.2) is 48.5 Å². The maximum atomic E-state index is 12.2. The summed E-state index contributed by atoms with van der Waals surface area (Å²) in [5.41, 5.74) is 9.96. The average Bonchev–Trinajstić information content (AvgIpc) is 2.55. The molecule has 1 heterocycles. The Morgan fingerprint density at radius 1 is 1.00 bits per heavy atom. The number of carbonyl (C=O) groups excluding carboxylic acids is 1. The molecule has 0 unspecified atom stereocenters. The summed E-state index contributed by atoms with van der Waals surface area (Å²) in [6, 6.07) is 14.6. The van der Waals surface area contributed by atoms with Gasteiger partial charge in [-0.1, -0.05) is 36.4 Å². The Hall–Kier alpha value is -3.37. The number of rotatable bonds is 4. The van der Waals surface area contributed by atoms with Gasteiger partial charge in [0.25, 0.3) is 5.78 Å². The molecule has 0 atom stereocenters. The van der Waals surface area contributed by atoms with E-state index in [-0.39, 0.29) is 6.42 Å². The molecule has 1 N–H and O–H groups in total. The summed E-state index contributed by atoms with van der Waals surface area (Å²) in [5, 5.41) is 10.5. The minimum Gasteiger partial charge on any atom is -0.472 e. The Labute approximate surface area is 130 Å². The molecule has 0 bridgehead atoms. The SMILES string of the molecule is [N-]=[N+]=C(C(=O)O)C(=O)Cc1c2ccccc2nc2ccccc12. The number of carboxylic acids is 1. The van der Waals surface area contributed by atoms with Crippen LogP contribution in [-0.4, -0.2) is 32.3 Å². The largest absolute Gasteiger partial charge is 0.472 e. The molecular weight excluding hydrogens is 294 g/mol. The first kappa shape index (κ1) is 14.6. The van der Waals surface area contributed by atoms with Crippen LogP contribution in [0.1, 0.15) is 5.56 Å². The topological polar surface area (TPSA) is 104 Å². The van der Waals surface area contributed by atoms with Crippen LogP contribution >= 0.6 is 0 Å². The van der Waals surface area contributed by atoms with Gasteiger partial charge >= 0.3 is 11.7 Å². The number of carboxylic acid groups (broad SMARTS) is 1. The van der Waals surface area contributed by atoms with Gasteiger partial charge in [0.2, 0.25) is 0 Å². The highest BCUT2D eigenvalue weighted by atomic mass is 16.4. The first-order valence-electron chi connectivity index (χ1n) is 6.86. The summed E-state index contributed by atoms with van der Waals surface area (Å²) < 4.78 is 0. The van der Waals surface area contributed by atoms with Crippen LogP contribution in [0.5, 0.6) is 0 Å². The van der Waals surface area contributed by atoms with E-state index in [1.165, 1.54) is 0 Å². The van der Waals surface area contributed by atoms with Gasteiger partial charge in [0, 0.05) is 17.2 Å². The minimum absolute atomic E-state index is 0.185. The molecule has 0 aliphatic rings. The van der Waals surface area contributed by atoms with Crippen molar-refractivity contribution in [3.8, 4) is 0 Å². The number of Topliss-reactive ketones (excluding diaryl/α,β-unsaturated/α-hetero) is 1. The summed E-state index contributed by atoms with van der Waals surface area (Å²) in [5.74, 6) is -2.32. The number of fused-ring (bicyclic) bond motifs is 2. The number of pyridine rings is 1. The van der Waals surface area contributed by atoms with Crippen molar-refractivity contribution >= 4 is 39.3 Å². The van der Waals surface area contributed by atoms with Crippen molar-refractivity contribution in [1.82, 2.24) is 4.98 Å². The molecule has 112 valence electrons. The quantitative estimate of drug-likeness (QED) is 0.262. The van der Waals surface area contributed by atoms with Crippen molar-refractivity contribution < 1.29 is 19.5 Å². The van der Waals surface area contributed by atoms with Crippen LogP contribution in [0.3, 0.4) is 0 Å². The molecule has 0 spiro atoms. The number of carbonyl (C=O) groups is 2. The minimum atomic E-state index is -1.56. The van der Waals surface area contributed by atoms with Crippen molar-refractivity contribution in [3.05, 3.63) is 59.6 Å². The maximum Gasteiger partial charge on any atom is 0.441 e. The number of aliphatic carboxylic acids is 1. The van der Waals surface area contributed by atoms with Gasteiger partial charge in [-0.2, -0.15) is 4.79 Å². The van der Waals surface area contributed by atoms with Gasteiger partial charge in [-0.05, 0) is 17.7 Å². The summed E-state index contributed by atoms with van der Waals surface area (Å²) in [6.45, 7) is 0. The number of nitrogens with zero attached hydrogens (tertiary/aromatic N) is 3. The van der Waals surface area contributed by atoms with E-state index in [2.05, 4.69) is 9.77 Å². The molecular formula is C17H11N3O3. The van der Waals surface area contributed by atoms with Gasteiger partial charge in [-0.25, -0.2) is 9.78 Å². The van der Waals surface area contributed by atoms with E-state index >= 15 is 0 Å². The van der Waals surface area contributed by atoms with Gasteiger partial charge < -0.3 is 10.6 Å². The second-order valence-electron chi connectivity index (χ2n) is 4.98. The predicted octanol–water partition coefficient (Wildman–Crippen LogP) is 2.25. The zero-order valence-corrected chi connectivity index (χ0v) is 11.9. The lowest BCUT2D eigenvalue weighted by molar-refractivity contribution is -0.136. The number of hydrogen-bond donors (Lipinski definition) is 1. The summed E-state index contributed by atoms with van der Waals surface area (Å²) in [7, 11) is 0. The van der Waals surface area contributed by atoms with Gasteiger partial charge in [0.05, 0.1) is 11.0 Å². The summed E-state index contributed by atoms with van der Waals surface area (Å²) in [4.78, 5) is 30.3. The molecule has 0 radical (unpaired) electrons. The Morgan fingerprint density at radius 3 is 2.00 bits per heavy atom. The number of hydrogen-bond acceptors (Lipinski definition) is 3. The molecule has 3 aromatic rings. The Bertz CT molecular complexity index is 950. The van der Waals surface area contributed by atoms with Crippen LogP contribution < -0.4 is 0 Å². The maximum absolute atomic E-state index is 12.2. The average molecular weight is 305 g/mol. The standard InChI is InChI=1S/C17H11N3O3/c18-20-16(17(22)23)15(21)9-12-10-5-1-3-7-13(10)19-14-8-4-2-6-11(12)14/h1-8H,9H2,(H,22,23). The molecule has 6 heteroatoms. The van der Waals surface area contributed by atoms with Crippen LogP contribution in [0, 0.1) is 0 Å². The molecule has 2 aromatic carbocycles. The summed E-state index contributed by atoms with van der Waals surface area (Å²) in [6.07, 6.45) is -0.185. The van der Waals surface area contributed by atoms with E-state index in [0.29, 0.717) is 16.6 Å². The van der Waals surface area contributed by atoms with Crippen molar-refractivity contribution in [2.75, 3.05) is 0 Å². The second-order valence-corrected chi connectivity index (χ2v) is 4.98. The molecule has 1 aromatic heterocycles. The van der Waals surface area contributed by atoms with Crippen molar-refractivity contribution in [2.24, 2.45) is 0 Å². The van der Waals surface area contributed by atoms with Crippen molar-refractivity contribution in [1.29, 1.82) is 0 Å². The molecule has 0 fully saturated rings. The fourth-order valence-corrected chi connectivity index (χ4v) is 2.58. The smallest absolute Gasteiger partial charge is 0.441 e. The van der Waals surface area contributed by atoms with Crippen LogP contribution in [-0.2, 0) is 16.0 Å². The third kappa shape index (κ3) is 2.59. The fourth-order valence-electron chi connectivity index (χ4n) is 2.58. The van der Waals surface area contributed by atoms with Crippen LogP contribution in [0.2, 0.25) is 0 Å². The molecule has 0 saturated carbocycles. The predicted molar refractivity (Wildman–Crippen MR) is 84.2 cm³/mol.